The Morgan fingerprint density at radius 2 is 2.33 bits per heavy atom. The van der Waals surface area contributed by atoms with Crippen LogP contribution in [0.5, 0.6) is 0 Å². The van der Waals surface area contributed by atoms with E-state index in [-0.39, 0.29) is 0 Å². The second kappa shape index (κ2) is 5.15. The van der Waals surface area contributed by atoms with Crippen LogP contribution in [0.25, 0.3) is 0 Å². The molecule has 1 heterocycles. The van der Waals surface area contributed by atoms with Gasteiger partial charge < -0.3 is 5.32 Å². The monoisotopic (exact) mass is 166 g/mol. The Balaban J connectivity index is 2.41. The smallest absolute Gasteiger partial charge is 0.0136 e. The van der Waals surface area contributed by atoms with Crippen molar-refractivity contribution >= 4 is 0 Å². The van der Waals surface area contributed by atoms with E-state index in [1.54, 1.807) is 0 Å². The molecule has 0 aliphatic carbocycles. The van der Waals surface area contributed by atoms with E-state index in [4.69, 9.17) is 0 Å². The number of hydrogen-bond donors (Lipinski definition) is 1. The molecule has 1 aliphatic rings. The van der Waals surface area contributed by atoms with E-state index in [1.807, 2.05) is 12.2 Å². The quantitative estimate of drug-likeness (QED) is 0.632. The summed E-state index contributed by atoms with van der Waals surface area (Å²) in [6, 6.07) is 0.592. The molecule has 0 bridgehead atoms. The molecule has 1 saturated heterocycles. The number of hydrogen-bond acceptors (Lipinski definition) is 1. The molecule has 12 heavy (non-hydrogen) atoms. The third kappa shape index (κ3) is 2.49. The van der Waals surface area contributed by atoms with Gasteiger partial charge in [-0.25, -0.2) is 0 Å². The third-order valence-corrected chi connectivity index (χ3v) is 2.44. The summed E-state index contributed by atoms with van der Waals surface area (Å²) in [5, 5.41) is 3.50. The van der Waals surface area contributed by atoms with Crippen LogP contribution in [0.4, 0.5) is 0 Å². The van der Waals surface area contributed by atoms with E-state index in [0.29, 0.717) is 12.0 Å². The van der Waals surface area contributed by atoms with E-state index in [9.17, 15) is 0 Å². The van der Waals surface area contributed by atoms with Gasteiger partial charge in [-0.3, -0.25) is 0 Å². The molecular weight excluding hydrogens is 148 g/mol. The molecule has 1 nitrogen and oxygen atoms in total. The van der Waals surface area contributed by atoms with Gasteiger partial charge in [0.25, 0.3) is 0 Å². The van der Waals surface area contributed by atoms with Crippen LogP contribution < -0.4 is 5.32 Å². The van der Waals surface area contributed by atoms with Crippen molar-refractivity contribution in [2.45, 2.75) is 25.3 Å². The van der Waals surface area contributed by atoms with Crippen LogP contribution in [-0.4, -0.2) is 12.6 Å². The second-order valence-corrected chi connectivity index (χ2v) is 3.32. The summed E-state index contributed by atoms with van der Waals surface area (Å²) < 4.78 is 0. The van der Waals surface area contributed by atoms with Gasteiger partial charge >= 0.3 is 0 Å². The Hall–Kier alpha value is -0.560. The molecule has 1 heteroatoms. The minimum atomic E-state index is 0.592. The van der Waals surface area contributed by atoms with Crippen molar-refractivity contribution in [3.8, 4) is 0 Å². The van der Waals surface area contributed by atoms with E-state index in [1.165, 1.54) is 12.8 Å². The van der Waals surface area contributed by atoms with Gasteiger partial charge in [-0.05, 0) is 38.1 Å². The first-order valence-electron chi connectivity index (χ1n) is 4.68. The lowest BCUT2D eigenvalue weighted by Gasteiger charge is -2.31. The molecule has 0 aromatic heterocycles. The molecule has 2 unspecified atom stereocenters. The van der Waals surface area contributed by atoms with E-state index in [2.05, 4.69) is 24.9 Å². The average molecular weight is 166 g/mol. The van der Waals surface area contributed by atoms with E-state index >= 15 is 0 Å². The lowest BCUT2D eigenvalue weighted by Crippen LogP contribution is -2.40. The summed E-state index contributed by atoms with van der Waals surface area (Å²) >= 11 is 0. The fourth-order valence-electron chi connectivity index (χ4n) is 1.82. The predicted octanol–water partition coefficient (Wildman–Crippen LogP) is 2.32. The Morgan fingerprint density at radius 3 is 3.00 bits per heavy atom. The van der Waals surface area contributed by atoms with Crippen molar-refractivity contribution in [1.29, 1.82) is 0 Å². The lowest BCUT2D eigenvalue weighted by atomic mass is 10.1. The van der Waals surface area contributed by atoms with Crippen molar-refractivity contribution in [3.05, 3.63) is 31.7 Å². The van der Waals surface area contributed by atoms with Crippen molar-refractivity contribution in [1.82, 2.24) is 5.32 Å². The summed E-state index contributed by atoms with van der Waals surface area (Å²) in [5.74, 6) is 0.661. The molecule has 0 amide bonds. The van der Waals surface area contributed by atoms with Crippen molar-refractivity contribution in [3.63, 3.8) is 0 Å². The standard InChI is InChI=1S/C11H18N/c1-3-6-10-8-5-9-12-11(10)7-4-2/h3-4,6,10-12H,1-2,5,7-9H2/i11+2. The van der Waals surface area contributed by atoms with Crippen LogP contribution in [0, 0.1) is 12.3 Å². The molecule has 0 aromatic rings. The van der Waals surface area contributed by atoms with Crippen molar-refractivity contribution in [2.24, 2.45) is 5.92 Å². The number of rotatable bonds is 4. The highest BCUT2D eigenvalue weighted by molar-refractivity contribution is 5.00. The first kappa shape index (κ1) is 9.53. The molecule has 1 radical (unpaired) electrons. The Kier molecular flexibility index (Phi) is 4.09. The molecule has 1 fully saturated rings. The Morgan fingerprint density at radius 1 is 1.50 bits per heavy atom. The number of allylic oxidation sites excluding steroid dienone is 1. The molecule has 0 spiro atoms. The first-order valence-corrected chi connectivity index (χ1v) is 4.68. The normalized spacial score (nSPS) is 29.7. The van der Waals surface area contributed by atoms with Crippen molar-refractivity contribution < 1.29 is 0 Å². The second-order valence-electron chi connectivity index (χ2n) is 3.32. The highest BCUT2D eigenvalue weighted by Crippen LogP contribution is 2.21. The van der Waals surface area contributed by atoms with Gasteiger partial charge in [0.2, 0.25) is 0 Å². The van der Waals surface area contributed by atoms with Gasteiger partial charge in [-0.2, -0.15) is 0 Å². The van der Waals surface area contributed by atoms with Crippen LogP contribution in [0.15, 0.2) is 25.3 Å². The van der Waals surface area contributed by atoms with Crippen LogP contribution >= 0.6 is 0 Å². The highest BCUT2D eigenvalue weighted by Gasteiger charge is 2.21. The van der Waals surface area contributed by atoms with Crippen LogP contribution in [0.3, 0.4) is 0 Å². The first-order chi connectivity index (χ1) is 5.88. The fourth-order valence-corrected chi connectivity index (χ4v) is 1.82. The molecular formula is C11H18N. The topological polar surface area (TPSA) is 12.0 Å². The molecule has 1 rings (SSSR count). The summed E-state index contributed by atoms with van der Waals surface area (Å²) in [6.45, 7) is 8.66. The fraction of sp³-hybridized carbons (Fsp3) is 0.545. The molecule has 0 aromatic carbocycles. The summed E-state index contributed by atoms with van der Waals surface area (Å²) in [5.41, 5.74) is 0. The maximum Gasteiger partial charge on any atom is 0.0136 e. The van der Waals surface area contributed by atoms with Gasteiger partial charge in [0.05, 0.1) is 0 Å². The zero-order valence-electron chi connectivity index (χ0n) is 7.63. The lowest BCUT2D eigenvalue weighted by molar-refractivity contribution is 0.318. The summed E-state index contributed by atoms with van der Waals surface area (Å²) in [6.07, 6.45) is 9.75. The minimum absolute atomic E-state index is 0.592. The Bertz CT molecular complexity index is 133. The largest absolute Gasteiger partial charge is 0.313 e. The maximum atomic E-state index is 3.77. The average Bonchev–Trinajstić information content (AvgIpc) is 2.09. The zero-order valence-corrected chi connectivity index (χ0v) is 7.63. The summed E-state index contributed by atoms with van der Waals surface area (Å²) in [7, 11) is 0. The van der Waals surface area contributed by atoms with Crippen LogP contribution in [0.1, 0.15) is 19.3 Å². The predicted molar refractivity (Wildman–Crippen MR) is 53.8 cm³/mol. The van der Waals surface area contributed by atoms with Gasteiger partial charge in [-0.1, -0.05) is 12.2 Å². The number of piperidine rings is 1. The Labute approximate surface area is 75.6 Å². The maximum absolute atomic E-state index is 3.77. The zero-order chi connectivity index (χ0) is 8.81. The van der Waals surface area contributed by atoms with Crippen molar-refractivity contribution in [2.75, 3.05) is 6.54 Å². The van der Waals surface area contributed by atoms with Gasteiger partial charge in [0.15, 0.2) is 0 Å². The highest BCUT2D eigenvalue weighted by atomic mass is 15.5. The SMILES string of the molecule is C=C[CH]C1CCCN[14CH]1CC=C. The molecule has 1 N–H and O–H groups in total. The van der Waals surface area contributed by atoms with Crippen LogP contribution in [0.2, 0.25) is 0 Å². The van der Waals surface area contributed by atoms with Gasteiger partial charge in [0.1, 0.15) is 0 Å². The van der Waals surface area contributed by atoms with Gasteiger partial charge in [-0.15, -0.1) is 13.2 Å². The third-order valence-electron chi connectivity index (χ3n) is 2.44. The van der Waals surface area contributed by atoms with Crippen LogP contribution in [-0.2, 0) is 0 Å². The van der Waals surface area contributed by atoms with Gasteiger partial charge in [0, 0.05) is 6.04 Å². The molecule has 0 saturated carbocycles. The summed E-state index contributed by atoms with van der Waals surface area (Å²) in [4.78, 5) is 0. The van der Waals surface area contributed by atoms with E-state index < -0.39 is 0 Å². The van der Waals surface area contributed by atoms with E-state index in [0.717, 1.165) is 13.0 Å². The molecule has 1 aliphatic heterocycles. The number of nitrogens with one attached hydrogen (secondary N) is 1. The molecule has 67 valence electrons. The minimum Gasteiger partial charge on any atom is -0.313 e. The molecule has 2 atom stereocenters.